The molecule has 1 aromatic rings. The summed E-state index contributed by atoms with van der Waals surface area (Å²) in [6.45, 7) is 1.09. The van der Waals surface area contributed by atoms with Crippen molar-refractivity contribution in [1.29, 1.82) is 0 Å². The summed E-state index contributed by atoms with van der Waals surface area (Å²) in [5.41, 5.74) is 6.79. The molecule has 1 amide bonds. The van der Waals surface area contributed by atoms with Crippen molar-refractivity contribution in [3.63, 3.8) is 0 Å². The van der Waals surface area contributed by atoms with Gasteiger partial charge in [0, 0.05) is 18.3 Å². The molecule has 27 heavy (non-hydrogen) atoms. The van der Waals surface area contributed by atoms with Crippen molar-refractivity contribution < 1.29 is 19.3 Å². The number of methoxy groups -OCH3 is 1. The van der Waals surface area contributed by atoms with Gasteiger partial charge < -0.3 is 15.4 Å². The molecule has 1 saturated carbocycles. The van der Waals surface area contributed by atoms with Crippen molar-refractivity contribution >= 4 is 28.6 Å². The van der Waals surface area contributed by atoms with Gasteiger partial charge in [0.05, 0.1) is 18.1 Å². The normalized spacial score (nSPS) is 21.9. The average Bonchev–Trinajstić information content (AvgIpc) is 3.34. The molecule has 1 aliphatic carbocycles. The smallest absolute Gasteiger partial charge is 0.328 e. The van der Waals surface area contributed by atoms with Crippen LogP contribution in [0.1, 0.15) is 31.2 Å². The molecule has 0 unspecified atom stereocenters. The molecule has 1 saturated heterocycles. The van der Waals surface area contributed by atoms with Crippen molar-refractivity contribution in [1.82, 2.24) is 4.90 Å². The molecule has 0 bridgehead atoms. The lowest BCUT2D eigenvalue weighted by Crippen LogP contribution is -2.71. The Morgan fingerprint density at radius 2 is 2.07 bits per heavy atom. The summed E-state index contributed by atoms with van der Waals surface area (Å²) in [5, 5.41) is 0.376. The third kappa shape index (κ3) is 3.86. The number of carbonyl (C=O) groups is 2. The lowest BCUT2D eigenvalue weighted by Gasteiger charge is -2.27. The van der Waals surface area contributed by atoms with Gasteiger partial charge in [-0.15, -0.1) is 0 Å². The second kappa shape index (κ2) is 8.13. The molecule has 1 aliphatic heterocycles. The van der Waals surface area contributed by atoms with Crippen LogP contribution < -0.4 is 10.7 Å². The molecule has 7 heteroatoms. The molecular formula is C20H25ClN3O3+. The average molecular weight is 391 g/mol. The van der Waals surface area contributed by atoms with Crippen LogP contribution in [0.5, 0.6) is 0 Å². The molecule has 0 spiro atoms. The second-order valence-corrected chi connectivity index (χ2v) is 7.37. The van der Waals surface area contributed by atoms with Gasteiger partial charge >= 0.3 is 5.97 Å². The van der Waals surface area contributed by atoms with Gasteiger partial charge in [0.25, 0.3) is 5.17 Å². The van der Waals surface area contributed by atoms with Crippen LogP contribution in [0.15, 0.2) is 42.1 Å². The minimum absolute atomic E-state index is 0.0910. The number of carbonyl (C=O) groups excluding carboxylic acids is 2. The molecule has 2 fully saturated rings. The van der Waals surface area contributed by atoms with Crippen molar-refractivity contribution in [3.8, 4) is 0 Å². The first kappa shape index (κ1) is 19.4. The number of nitrogens with zero attached hydrogens (tertiary/aromatic N) is 1. The number of benzene rings is 1. The number of nitrogens with two attached hydrogens (primary N) is 1. The van der Waals surface area contributed by atoms with E-state index in [1.54, 1.807) is 4.90 Å². The zero-order valence-corrected chi connectivity index (χ0v) is 16.2. The van der Waals surface area contributed by atoms with Crippen molar-refractivity contribution in [2.75, 3.05) is 13.7 Å². The highest BCUT2D eigenvalue weighted by Crippen LogP contribution is 2.54. The Labute approximate surface area is 164 Å². The monoisotopic (exact) mass is 390 g/mol. The number of rotatable bonds is 6. The number of nitrogens with one attached hydrogen (secondary N) is 1. The minimum atomic E-state index is -0.744. The van der Waals surface area contributed by atoms with E-state index in [1.165, 1.54) is 13.3 Å². The highest BCUT2D eigenvalue weighted by molar-refractivity contribution is 6.68. The molecule has 6 nitrogen and oxygen atoms in total. The van der Waals surface area contributed by atoms with E-state index in [2.05, 4.69) is 4.99 Å². The van der Waals surface area contributed by atoms with E-state index in [0.29, 0.717) is 43.1 Å². The van der Waals surface area contributed by atoms with Gasteiger partial charge in [-0.05, 0) is 37.3 Å². The Bertz CT molecular complexity index is 772. The van der Waals surface area contributed by atoms with Crippen LogP contribution in [0.25, 0.3) is 0 Å². The Kier molecular flexibility index (Phi) is 5.85. The van der Waals surface area contributed by atoms with Gasteiger partial charge in [-0.2, -0.15) is 0 Å². The van der Waals surface area contributed by atoms with Gasteiger partial charge in [-0.3, -0.25) is 4.79 Å². The van der Waals surface area contributed by atoms with Crippen LogP contribution in [-0.4, -0.2) is 41.6 Å². The van der Waals surface area contributed by atoms with Gasteiger partial charge in [0.2, 0.25) is 5.91 Å². The van der Waals surface area contributed by atoms with Gasteiger partial charge in [-0.25, -0.2) is 9.79 Å². The predicted molar refractivity (Wildman–Crippen MR) is 103 cm³/mol. The quantitative estimate of drug-likeness (QED) is 0.552. The minimum Gasteiger partial charge on any atom is -0.467 e. The van der Waals surface area contributed by atoms with Crippen molar-refractivity contribution in [2.45, 2.75) is 38.3 Å². The summed E-state index contributed by atoms with van der Waals surface area (Å²) in [6.07, 6.45) is 4.16. The maximum atomic E-state index is 13.3. The molecule has 3 rings (SSSR count). The number of hydrogen-bond donors (Lipinski definition) is 2. The van der Waals surface area contributed by atoms with E-state index in [4.69, 9.17) is 22.1 Å². The van der Waals surface area contributed by atoms with E-state index in [0.717, 1.165) is 12.0 Å². The molecule has 1 aromatic carbocycles. The number of hydrogen-bond acceptors (Lipinski definition) is 4. The first-order chi connectivity index (χ1) is 13.0. The van der Waals surface area contributed by atoms with Crippen LogP contribution >= 0.6 is 11.6 Å². The Morgan fingerprint density at radius 1 is 1.37 bits per heavy atom. The fraction of sp³-hybridized carbons (Fsp3) is 0.450. The van der Waals surface area contributed by atoms with Gasteiger partial charge in [0.1, 0.15) is 6.04 Å². The number of ether oxygens (including phenoxy) is 1. The molecule has 1 atom stereocenters. The van der Waals surface area contributed by atoms with E-state index < -0.39 is 11.5 Å². The first-order valence-corrected chi connectivity index (χ1v) is 9.53. The standard InChI is InChI=1S/C20H24ClN3O3/c1-27-18(25)16-8-5-11-24(16)19(26)20(9-10-20)15(12-22)17(21)23-13-14-6-3-2-4-7-14/h2-4,6-7,12,16H,5,8-11,13,22H2,1H3/p+1/b15-12+,23-17?/t16-/m0/s1. The van der Waals surface area contributed by atoms with Crippen molar-refractivity contribution in [2.24, 2.45) is 11.1 Å². The summed E-state index contributed by atoms with van der Waals surface area (Å²) >= 11 is 6.49. The first-order valence-electron chi connectivity index (χ1n) is 9.15. The third-order valence-corrected chi connectivity index (χ3v) is 5.69. The van der Waals surface area contributed by atoms with E-state index in [1.807, 2.05) is 30.3 Å². The number of esters is 1. The molecule has 144 valence electrons. The Morgan fingerprint density at radius 3 is 2.67 bits per heavy atom. The highest BCUT2D eigenvalue weighted by atomic mass is 35.5. The third-order valence-electron chi connectivity index (χ3n) is 5.36. The SMILES string of the molecule is COC(=O)[C@@H]1CCCN1C(=O)C1(/C(=C/N)C(Cl)=[NH+]Cc2ccccc2)CC1. The lowest BCUT2D eigenvalue weighted by atomic mass is 9.94. The molecule has 0 radical (unpaired) electrons. The summed E-state index contributed by atoms with van der Waals surface area (Å²) < 4.78 is 4.85. The Balaban J connectivity index is 1.78. The van der Waals surface area contributed by atoms with Gasteiger partial charge in [-0.1, -0.05) is 30.3 Å². The number of likely N-dealkylation sites (tertiary alicyclic amines) is 1. The van der Waals surface area contributed by atoms with Crippen LogP contribution in [0.4, 0.5) is 0 Å². The van der Waals surface area contributed by atoms with E-state index in [-0.39, 0.29) is 11.9 Å². The molecule has 2 aliphatic rings. The Hall–Kier alpha value is -2.34. The lowest BCUT2D eigenvalue weighted by molar-refractivity contribution is -0.472. The molecule has 1 heterocycles. The fourth-order valence-electron chi connectivity index (χ4n) is 3.70. The van der Waals surface area contributed by atoms with Crippen LogP contribution in [0.2, 0.25) is 0 Å². The fourth-order valence-corrected chi connectivity index (χ4v) is 4.01. The van der Waals surface area contributed by atoms with Crippen molar-refractivity contribution in [3.05, 3.63) is 47.7 Å². The maximum Gasteiger partial charge on any atom is 0.328 e. The number of amides is 1. The van der Waals surface area contributed by atoms with E-state index >= 15 is 0 Å². The summed E-state index contributed by atoms with van der Waals surface area (Å²) in [4.78, 5) is 30.1. The van der Waals surface area contributed by atoms with Crippen LogP contribution in [0, 0.1) is 5.41 Å². The number of halogens is 1. The van der Waals surface area contributed by atoms with Crippen LogP contribution in [-0.2, 0) is 20.9 Å². The van der Waals surface area contributed by atoms with Crippen LogP contribution in [0.3, 0.4) is 0 Å². The molecule has 3 N–H and O–H groups in total. The summed E-state index contributed by atoms with van der Waals surface area (Å²) in [5.74, 6) is -0.459. The zero-order chi connectivity index (χ0) is 19.4. The molecular weight excluding hydrogens is 366 g/mol. The summed E-state index contributed by atoms with van der Waals surface area (Å²) in [6, 6.07) is 9.33. The highest BCUT2D eigenvalue weighted by Gasteiger charge is 2.58. The van der Waals surface area contributed by atoms with Gasteiger partial charge in [0.15, 0.2) is 6.54 Å². The molecule has 0 aromatic heterocycles. The zero-order valence-electron chi connectivity index (χ0n) is 15.4. The van der Waals surface area contributed by atoms with E-state index in [9.17, 15) is 9.59 Å². The summed E-state index contributed by atoms with van der Waals surface area (Å²) in [7, 11) is 1.35. The second-order valence-electron chi connectivity index (χ2n) is 7.00. The largest absolute Gasteiger partial charge is 0.467 e. The predicted octanol–water partition coefficient (Wildman–Crippen LogP) is 0.691. The maximum absolute atomic E-state index is 13.3. The topological polar surface area (TPSA) is 86.6 Å².